The first-order valence-electron chi connectivity index (χ1n) is 5.55. The molecule has 0 spiro atoms. The van der Waals surface area contributed by atoms with Crippen LogP contribution in [-0.2, 0) is 5.75 Å². The van der Waals surface area contributed by atoms with Gasteiger partial charge in [-0.05, 0) is 23.3 Å². The summed E-state index contributed by atoms with van der Waals surface area (Å²) in [6.07, 6.45) is -0.902. The van der Waals surface area contributed by atoms with E-state index in [4.69, 9.17) is 0 Å². The summed E-state index contributed by atoms with van der Waals surface area (Å²) < 4.78 is 27.0. The first-order valence-corrected chi connectivity index (χ1v) is 6.53. The first-order chi connectivity index (χ1) is 8.68. The number of benzene rings is 2. The van der Waals surface area contributed by atoms with Crippen LogP contribution in [0.5, 0.6) is 0 Å². The van der Waals surface area contributed by atoms with E-state index in [0.717, 1.165) is 16.5 Å². The molecule has 4 heteroatoms. The van der Waals surface area contributed by atoms with Gasteiger partial charge >= 0.3 is 0 Å². The Morgan fingerprint density at radius 1 is 1.06 bits per heavy atom. The van der Waals surface area contributed by atoms with Gasteiger partial charge in [-0.25, -0.2) is 8.78 Å². The lowest BCUT2D eigenvalue weighted by Crippen LogP contribution is -2.05. The highest BCUT2D eigenvalue weighted by molar-refractivity contribution is 7.98. The van der Waals surface area contributed by atoms with Gasteiger partial charge in [0.05, 0.1) is 0 Å². The van der Waals surface area contributed by atoms with Gasteiger partial charge in [0.1, 0.15) is 6.10 Å². The van der Waals surface area contributed by atoms with Crippen molar-refractivity contribution in [3.8, 4) is 0 Å². The number of hydrogen-bond acceptors (Lipinski definition) is 2. The maximum Gasteiger partial charge on any atom is 0.163 e. The van der Waals surface area contributed by atoms with E-state index in [0.29, 0.717) is 11.3 Å². The van der Waals surface area contributed by atoms with Crippen LogP contribution >= 0.6 is 11.8 Å². The Labute approximate surface area is 107 Å². The van der Waals surface area contributed by atoms with Gasteiger partial charge in [-0.15, -0.1) is 11.8 Å². The fourth-order valence-corrected chi connectivity index (χ4v) is 3.28. The van der Waals surface area contributed by atoms with Gasteiger partial charge in [-0.1, -0.05) is 24.3 Å². The Hall–Kier alpha value is -1.39. The lowest BCUT2D eigenvalue weighted by Gasteiger charge is -2.14. The maximum absolute atomic E-state index is 13.8. The third-order valence-corrected chi connectivity index (χ3v) is 4.23. The molecule has 0 bridgehead atoms. The number of fused-ring (bicyclic) bond motifs is 2. The minimum atomic E-state index is -0.902. The third kappa shape index (κ3) is 1.72. The average molecular weight is 264 g/mol. The summed E-state index contributed by atoms with van der Waals surface area (Å²) in [4.78, 5) is 0.904. The van der Waals surface area contributed by atoms with Crippen LogP contribution in [0.3, 0.4) is 0 Å². The first kappa shape index (κ1) is 11.7. The second kappa shape index (κ2) is 4.37. The van der Waals surface area contributed by atoms with E-state index in [1.807, 2.05) is 24.3 Å². The zero-order valence-corrected chi connectivity index (χ0v) is 10.2. The highest BCUT2D eigenvalue weighted by atomic mass is 32.2. The molecule has 18 heavy (non-hydrogen) atoms. The molecule has 1 heterocycles. The predicted molar refractivity (Wildman–Crippen MR) is 66.4 cm³/mol. The normalized spacial score (nSPS) is 17.8. The van der Waals surface area contributed by atoms with Crippen molar-refractivity contribution in [1.29, 1.82) is 0 Å². The van der Waals surface area contributed by atoms with E-state index in [9.17, 15) is 13.9 Å². The molecule has 0 aliphatic carbocycles. The number of thioether (sulfide) groups is 1. The van der Waals surface area contributed by atoms with Crippen LogP contribution < -0.4 is 0 Å². The molecule has 2 aromatic rings. The van der Waals surface area contributed by atoms with Gasteiger partial charge in [0.2, 0.25) is 0 Å². The molecule has 1 nitrogen and oxygen atoms in total. The summed E-state index contributed by atoms with van der Waals surface area (Å²) in [6, 6.07) is 9.91. The second-order valence-electron chi connectivity index (χ2n) is 4.16. The largest absolute Gasteiger partial charge is 0.384 e. The highest BCUT2D eigenvalue weighted by Crippen LogP contribution is 2.40. The Balaban J connectivity index is 2.21. The zero-order chi connectivity index (χ0) is 12.7. The van der Waals surface area contributed by atoms with Gasteiger partial charge in [-0.3, -0.25) is 0 Å². The summed E-state index contributed by atoms with van der Waals surface area (Å²) in [5, 5.41) is 10.3. The van der Waals surface area contributed by atoms with Crippen molar-refractivity contribution in [3.63, 3.8) is 0 Å². The Bertz CT molecular complexity index is 613. The van der Waals surface area contributed by atoms with E-state index in [-0.39, 0.29) is 5.56 Å². The summed E-state index contributed by atoms with van der Waals surface area (Å²) in [6.45, 7) is 0. The molecule has 0 aromatic heterocycles. The predicted octanol–water partition coefficient (Wildman–Crippen LogP) is 3.65. The molecule has 0 radical (unpaired) electrons. The molecule has 92 valence electrons. The molecule has 1 aliphatic heterocycles. The van der Waals surface area contributed by atoms with Crippen molar-refractivity contribution in [2.75, 3.05) is 0 Å². The monoisotopic (exact) mass is 264 g/mol. The number of aliphatic hydroxyl groups is 1. The van der Waals surface area contributed by atoms with Gasteiger partial charge < -0.3 is 5.11 Å². The minimum Gasteiger partial charge on any atom is -0.384 e. The lowest BCUT2D eigenvalue weighted by molar-refractivity contribution is 0.216. The molecule has 0 saturated heterocycles. The number of hydrogen-bond donors (Lipinski definition) is 1. The Kier molecular flexibility index (Phi) is 2.84. The van der Waals surface area contributed by atoms with Crippen LogP contribution in [0.2, 0.25) is 0 Å². The smallest absolute Gasteiger partial charge is 0.163 e. The molecule has 0 saturated carbocycles. The molecule has 3 rings (SSSR count). The summed E-state index contributed by atoms with van der Waals surface area (Å²) in [7, 11) is 0. The molecule has 1 N–H and O–H groups in total. The maximum atomic E-state index is 13.8. The van der Waals surface area contributed by atoms with E-state index >= 15 is 0 Å². The van der Waals surface area contributed by atoms with Crippen LogP contribution in [0.1, 0.15) is 22.8 Å². The molecule has 0 fully saturated rings. The molecule has 0 unspecified atom stereocenters. The fourth-order valence-electron chi connectivity index (χ4n) is 2.17. The number of rotatable bonds is 0. The molecular weight excluding hydrogens is 254 g/mol. The van der Waals surface area contributed by atoms with Gasteiger partial charge in [0.25, 0.3) is 0 Å². The quantitative estimate of drug-likeness (QED) is 0.783. The van der Waals surface area contributed by atoms with E-state index in [1.54, 1.807) is 0 Å². The van der Waals surface area contributed by atoms with Gasteiger partial charge in [-0.2, -0.15) is 0 Å². The molecule has 1 aliphatic rings. The standard InChI is InChI=1S/C14H10F2OS/c15-11-6-5-8-10(13(11)16)7-18-12-4-2-1-3-9(12)14(8)17/h1-6,14,17H,7H2/t14-/m1/s1. The fraction of sp³-hybridized carbons (Fsp3) is 0.143. The van der Waals surface area contributed by atoms with Crippen molar-refractivity contribution >= 4 is 11.8 Å². The molecular formula is C14H10F2OS. The van der Waals surface area contributed by atoms with Crippen molar-refractivity contribution in [3.05, 3.63) is 64.7 Å². The minimum absolute atomic E-state index is 0.253. The van der Waals surface area contributed by atoms with Gasteiger partial charge in [0.15, 0.2) is 11.6 Å². The molecule has 2 aromatic carbocycles. The van der Waals surface area contributed by atoms with Crippen LogP contribution in [0.25, 0.3) is 0 Å². The topological polar surface area (TPSA) is 20.2 Å². The molecule has 0 amide bonds. The molecule has 1 atom stereocenters. The van der Waals surface area contributed by atoms with Crippen LogP contribution in [0.15, 0.2) is 41.3 Å². The highest BCUT2D eigenvalue weighted by Gasteiger charge is 2.25. The SMILES string of the molecule is O[C@H]1c2ccccc2SCc2c1ccc(F)c2F. The van der Waals surface area contributed by atoms with Gasteiger partial charge in [0, 0.05) is 16.2 Å². The van der Waals surface area contributed by atoms with E-state index < -0.39 is 17.7 Å². The summed E-state index contributed by atoms with van der Waals surface area (Å²) >= 11 is 1.41. The number of aliphatic hydroxyl groups excluding tert-OH is 1. The van der Waals surface area contributed by atoms with Crippen LogP contribution in [0.4, 0.5) is 8.78 Å². The second-order valence-corrected chi connectivity index (χ2v) is 5.18. The van der Waals surface area contributed by atoms with Crippen molar-refractivity contribution < 1.29 is 13.9 Å². The average Bonchev–Trinajstić information content (AvgIpc) is 2.53. The zero-order valence-electron chi connectivity index (χ0n) is 9.36. The van der Waals surface area contributed by atoms with Crippen molar-refractivity contribution in [2.24, 2.45) is 0 Å². The van der Waals surface area contributed by atoms with Crippen LogP contribution in [-0.4, -0.2) is 5.11 Å². The Morgan fingerprint density at radius 2 is 1.83 bits per heavy atom. The van der Waals surface area contributed by atoms with Crippen molar-refractivity contribution in [2.45, 2.75) is 16.8 Å². The van der Waals surface area contributed by atoms with Crippen molar-refractivity contribution in [1.82, 2.24) is 0 Å². The third-order valence-electron chi connectivity index (χ3n) is 3.11. The number of halogens is 2. The van der Waals surface area contributed by atoms with E-state index in [1.165, 1.54) is 17.8 Å². The van der Waals surface area contributed by atoms with E-state index in [2.05, 4.69) is 0 Å². The lowest BCUT2D eigenvalue weighted by atomic mass is 9.97. The summed E-state index contributed by atoms with van der Waals surface area (Å²) in [5.74, 6) is -1.40. The van der Waals surface area contributed by atoms with Crippen LogP contribution in [0, 0.1) is 11.6 Å². The Morgan fingerprint density at radius 3 is 2.67 bits per heavy atom. The summed E-state index contributed by atoms with van der Waals surface area (Å²) in [5.41, 5.74) is 1.45.